The summed E-state index contributed by atoms with van der Waals surface area (Å²) in [5.74, 6) is 0.299. The fourth-order valence-corrected chi connectivity index (χ4v) is 4.38. The van der Waals surface area contributed by atoms with Crippen molar-refractivity contribution >= 4 is 44.2 Å². The Morgan fingerprint density at radius 3 is 2.92 bits per heavy atom. The van der Waals surface area contributed by atoms with Crippen molar-refractivity contribution in [2.75, 3.05) is 23.3 Å². The number of fused-ring (bicyclic) bond motifs is 1. The third-order valence-electron chi connectivity index (χ3n) is 5.14. The first kappa shape index (κ1) is 17.8. The Morgan fingerprint density at radius 2 is 2.19 bits per heavy atom. The predicted molar refractivity (Wildman–Crippen MR) is 109 cm³/mol. The summed E-state index contributed by atoms with van der Waals surface area (Å²) in [6.45, 7) is 6.35. The van der Waals surface area contributed by atoms with Gasteiger partial charge in [-0.2, -0.15) is 0 Å². The van der Waals surface area contributed by atoms with E-state index in [1.165, 1.54) is 6.42 Å². The van der Waals surface area contributed by atoms with Gasteiger partial charge in [0.2, 0.25) is 5.91 Å². The van der Waals surface area contributed by atoms with Crippen molar-refractivity contribution in [2.24, 2.45) is 5.92 Å². The molecule has 1 saturated heterocycles. The average molecular weight is 420 g/mol. The van der Waals surface area contributed by atoms with Crippen LogP contribution in [0.25, 0.3) is 11.0 Å². The smallest absolute Gasteiger partial charge is 0.227 e. The van der Waals surface area contributed by atoms with E-state index in [9.17, 15) is 4.79 Å². The van der Waals surface area contributed by atoms with Gasteiger partial charge in [0.25, 0.3) is 0 Å². The molecule has 2 fully saturated rings. The monoisotopic (exact) mass is 419 g/mol. The molecule has 2 aromatic rings. The Bertz CT molecular complexity index is 814. The number of halogens is 1. The van der Waals surface area contributed by atoms with Crippen LogP contribution in [0.5, 0.6) is 0 Å². The largest absolute Gasteiger partial charge is 0.368 e. The van der Waals surface area contributed by atoms with E-state index in [4.69, 9.17) is 0 Å². The van der Waals surface area contributed by atoms with Crippen molar-refractivity contribution < 1.29 is 4.79 Å². The molecule has 6 nitrogen and oxygen atoms in total. The van der Waals surface area contributed by atoms with Crippen molar-refractivity contribution in [2.45, 2.75) is 51.6 Å². The summed E-state index contributed by atoms with van der Waals surface area (Å²) in [6, 6.07) is 0.948. The van der Waals surface area contributed by atoms with Gasteiger partial charge in [-0.25, -0.2) is 4.98 Å². The van der Waals surface area contributed by atoms with E-state index in [0.717, 1.165) is 59.2 Å². The van der Waals surface area contributed by atoms with Gasteiger partial charge in [0, 0.05) is 43.5 Å². The lowest BCUT2D eigenvalue weighted by atomic mass is 10.0. The Kier molecular flexibility index (Phi) is 4.92. The number of carbonyl (C=O) groups excluding carboxylic acids is 1. The van der Waals surface area contributed by atoms with E-state index in [-0.39, 0.29) is 11.8 Å². The average Bonchev–Trinajstić information content (AvgIpc) is 3.38. The van der Waals surface area contributed by atoms with Crippen LogP contribution in [-0.2, 0) is 4.79 Å². The molecule has 1 aliphatic heterocycles. The molecule has 0 bridgehead atoms. The van der Waals surface area contributed by atoms with Crippen LogP contribution in [0.4, 0.5) is 11.4 Å². The lowest BCUT2D eigenvalue weighted by molar-refractivity contribution is -0.117. The zero-order chi connectivity index (χ0) is 18.3. The molecule has 4 rings (SSSR count). The number of aromatic amines is 1. The minimum atomic E-state index is 0.120. The van der Waals surface area contributed by atoms with Crippen molar-refractivity contribution in [1.82, 2.24) is 15.3 Å². The van der Waals surface area contributed by atoms with Gasteiger partial charge in [-0.15, -0.1) is 0 Å². The number of aromatic nitrogens is 2. The van der Waals surface area contributed by atoms with E-state index in [1.54, 1.807) is 0 Å². The molecule has 1 saturated carbocycles. The second-order valence-electron chi connectivity index (χ2n) is 7.75. The van der Waals surface area contributed by atoms with Crippen LogP contribution >= 0.6 is 15.9 Å². The summed E-state index contributed by atoms with van der Waals surface area (Å²) in [7, 11) is 0. The molecule has 1 unspecified atom stereocenters. The number of carbonyl (C=O) groups is 1. The third-order valence-corrected chi connectivity index (χ3v) is 5.72. The quantitative estimate of drug-likeness (QED) is 0.691. The molecule has 7 heteroatoms. The number of hydrogen-bond donors (Lipinski definition) is 3. The first-order chi connectivity index (χ1) is 12.5. The van der Waals surface area contributed by atoms with Gasteiger partial charge in [-0.05, 0) is 41.6 Å². The molecule has 0 spiro atoms. The fraction of sp³-hybridized carbons (Fsp3) is 0.579. The second-order valence-corrected chi connectivity index (χ2v) is 8.61. The zero-order valence-corrected chi connectivity index (χ0v) is 16.9. The lowest BCUT2D eigenvalue weighted by Crippen LogP contribution is -2.48. The van der Waals surface area contributed by atoms with E-state index in [0.29, 0.717) is 12.1 Å². The molecule has 2 aromatic heterocycles. The molecule has 0 radical (unpaired) electrons. The van der Waals surface area contributed by atoms with Gasteiger partial charge in [0.1, 0.15) is 5.65 Å². The second kappa shape index (κ2) is 7.19. The first-order valence-corrected chi connectivity index (χ1v) is 10.3. The molecule has 1 atom stereocenters. The van der Waals surface area contributed by atoms with Crippen LogP contribution < -0.4 is 15.5 Å². The standard InChI is InChI=1S/C19H26BrN5O/c1-11(2)23-13-4-3-7-25(10-13)17-14(20)8-21-18-16(17)15(9-22-18)24-19(26)12-5-6-12/h8-9,11-13,23H,3-7,10H2,1-2H3,(H,21,22)(H,24,26). The number of piperidine rings is 1. The van der Waals surface area contributed by atoms with Crippen molar-refractivity contribution in [3.05, 3.63) is 16.9 Å². The SMILES string of the molecule is CC(C)NC1CCCN(c2c(Br)cnc3[nH]cc(NC(=O)C4CC4)c23)C1. The minimum Gasteiger partial charge on any atom is -0.368 e. The first-order valence-electron chi connectivity index (χ1n) is 9.50. The molecule has 3 heterocycles. The molecule has 3 N–H and O–H groups in total. The van der Waals surface area contributed by atoms with Gasteiger partial charge in [0.05, 0.1) is 21.2 Å². The van der Waals surface area contributed by atoms with Gasteiger partial charge in [-0.1, -0.05) is 13.8 Å². The summed E-state index contributed by atoms with van der Waals surface area (Å²) in [6.07, 6.45) is 8.05. The van der Waals surface area contributed by atoms with Crippen molar-refractivity contribution in [3.63, 3.8) is 0 Å². The maximum atomic E-state index is 12.3. The summed E-state index contributed by atoms with van der Waals surface area (Å²) >= 11 is 3.70. The van der Waals surface area contributed by atoms with E-state index < -0.39 is 0 Å². The molecule has 1 aliphatic carbocycles. The van der Waals surface area contributed by atoms with Crippen LogP contribution in [0.15, 0.2) is 16.9 Å². The normalized spacial score (nSPS) is 20.8. The molecular weight excluding hydrogens is 394 g/mol. The van der Waals surface area contributed by atoms with Gasteiger partial charge in [0.15, 0.2) is 0 Å². The van der Waals surface area contributed by atoms with E-state index in [1.807, 2.05) is 12.4 Å². The minimum absolute atomic E-state index is 0.120. The number of rotatable bonds is 5. The molecular formula is C19H26BrN5O. The maximum absolute atomic E-state index is 12.3. The zero-order valence-electron chi connectivity index (χ0n) is 15.3. The number of amides is 1. The van der Waals surface area contributed by atoms with E-state index in [2.05, 4.69) is 55.3 Å². The topological polar surface area (TPSA) is 73.1 Å². The molecule has 26 heavy (non-hydrogen) atoms. The predicted octanol–water partition coefficient (Wildman–Crippen LogP) is 3.64. The van der Waals surface area contributed by atoms with Crippen LogP contribution in [0.1, 0.15) is 39.5 Å². The number of nitrogens with one attached hydrogen (secondary N) is 3. The molecule has 2 aliphatic rings. The molecule has 0 aromatic carbocycles. The van der Waals surface area contributed by atoms with Gasteiger partial charge < -0.3 is 20.5 Å². The number of nitrogens with zero attached hydrogens (tertiary/aromatic N) is 2. The summed E-state index contributed by atoms with van der Waals surface area (Å²) in [4.78, 5) is 22.4. The third kappa shape index (κ3) is 3.60. The Balaban J connectivity index is 1.67. The number of H-pyrrole nitrogens is 1. The van der Waals surface area contributed by atoms with Crippen LogP contribution in [0.3, 0.4) is 0 Å². The Hall–Kier alpha value is -1.60. The van der Waals surface area contributed by atoms with Crippen molar-refractivity contribution in [1.29, 1.82) is 0 Å². The fourth-order valence-electron chi connectivity index (χ4n) is 3.83. The Morgan fingerprint density at radius 1 is 1.38 bits per heavy atom. The maximum Gasteiger partial charge on any atom is 0.227 e. The van der Waals surface area contributed by atoms with Crippen LogP contribution in [0, 0.1) is 5.92 Å². The van der Waals surface area contributed by atoms with Gasteiger partial charge in [-0.3, -0.25) is 4.79 Å². The summed E-state index contributed by atoms with van der Waals surface area (Å²) in [5.41, 5.74) is 2.77. The highest BCUT2D eigenvalue weighted by Crippen LogP contribution is 2.40. The van der Waals surface area contributed by atoms with E-state index >= 15 is 0 Å². The summed E-state index contributed by atoms with van der Waals surface area (Å²) in [5, 5.41) is 7.77. The Labute approximate surface area is 162 Å². The highest BCUT2D eigenvalue weighted by Gasteiger charge is 2.31. The number of pyridine rings is 1. The highest BCUT2D eigenvalue weighted by molar-refractivity contribution is 9.10. The molecule has 1 amide bonds. The van der Waals surface area contributed by atoms with Gasteiger partial charge >= 0.3 is 0 Å². The molecule has 140 valence electrons. The number of hydrogen-bond acceptors (Lipinski definition) is 4. The summed E-state index contributed by atoms with van der Waals surface area (Å²) < 4.78 is 0.969. The highest BCUT2D eigenvalue weighted by atomic mass is 79.9. The van der Waals surface area contributed by atoms with Crippen molar-refractivity contribution in [3.8, 4) is 0 Å². The van der Waals surface area contributed by atoms with Crippen LogP contribution in [-0.4, -0.2) is 41.0 Å². The lowest BCUT2D eigenvalue weighted by Gasteiger charge is -2.36. The van der Waals surface area contributed by atoms with Crippen LogP contribution in [0.2, 0.25) is 0 Å². The number of anilines is 2.